The minimum absolute atomic E-state index is 0.0744. The van der Waals surface area contributed by atoms with Crippen molar-refractivity contribution in [3.8, 4) is 0 Å². The monoisotopic (exact) mass is 379 g/mol. The Bertz CT molecular complexity index is 414. The minimum atomic E-state index is -0.180. The van der Waals surface area contributed by atoms with Crippen molar-refractivity contribution in [2.75, 3.05) is 19.6 Å². The molecule has 6 heteroatoms. The Morgan fingerprint density at radius 3 is 2.58 bits per heavy atom. The second kappa shape index (κ2) is 7.23. The zero-order valence-electron chi connectivity index (χ0n) is 12.0. The van der Waals surface area contributed by atoms with Gasteiger partial charge in [0.1, 0.15) is 5.76 Å². The van der Waals surface area contributed by atoms with Crippen LogP contribution in [0, 0.1) is 0 Å². The lowest BCUT2D eigenvalue weighted by atomic mass is 10.0. The Balaban J connectivity index is 2.58. The van der Waals surface area contributed by atoms with E-state index in [1.54, 1.807) is 6.07 Å². The molecule has 1 N–H and O–H groups in total. The van der Waals surface area contributed by atoms with E-state index in [1.165, 1.54) is 0 Å². The van der Waals surface area contributed by atoms with Gasteiger partial charge in [0.15, 0.2) is 5.69 Å². The molecule has 19 heavy (non-hydrogen) atoms. The van der Waals surface area contributed by atoms with E-state index in [4.69, 9.17) is 4.52 Å². The number of hydrogen-bond donors (Lipinski definition) is 1. The van der Waals surface area contributed by atoms with E-state index >= 15 is 0 Å². The molecule has 0 fully saturated rings. The van der Waals surface area contributed by atoms with Gasteiger partial charge in [-0.3, -0.25) is 9.69 Å². The van der Waals surface area contributed by atoms with E-state index in [9.17, 15) is 4.79 Å². The molecule has 0 atom stereocenters. The predicted molar refractivity (Wildman–Crippen MR) is 83.6 cm³/mol. The molecule has 1 aromatic rings. The van der Waals surface area contributed by atoms with E-state index in [1.807, 2.05) is 0 Å². The fourth-order valence-electron chi connectivity index (χ4n) is 2.06. The normalized spacial score (nSPS) is 11.9. The molecule has 1 rings (SSSR count). The van der Waals surface area contributed by atoms with Gasteiger partial charge in [-0.05, 0) is 26.9 Å². The third kappa shape index (κ3) is 4.45. The highest BCUT2D eigenvalue weighted by molar-refractivity contribution is 14.1. The third-order valence-electron chi connectivity index (χ3n) is 3.22. The first-order valence-corrected chi connectivity index (χ1v) is 8.02. The second-order valence-electron chi connectivity index (χ2n) is 4.98. The van der Waals surface area contributed by atoms with E-state index in [-0.39, 0.29) is 11.4 Å². The maximum atomic E-state index is 12.0. The molecule has 1 heterocycles. The topological polar surface area (TPSA) is 58.4 Å². The molecule has 0 aromatic carbocycles. The Morgan fingerprint density at radius 1 is 1.47 bits per heavy atom. The second-order valence-corrected chi connectivity index (χ2v) is 5.74. The first-order valence-electron chi connectivity index (χ1n) is 6.49. The zero-order chi connectivity index (χ0) is 14.5. The average molecular weight is 379 g/mol. The van der Waals surface area contributed by atoms with Crippen molar-refractivity contribution in [3.63, 3.8) is 0 Å². The van der Waals surface area contributed by atoms with Crippen LogP contribution in [0.2, 0.25) is 0 Å². The molecular formula is C13H22IN3O2. The summed E-state index contributed by atoms with van der Waals surface area (Å²) in [5.74, 6) is 0.536. The van der Waals surface area contributed by atoms with Gasteiger partial charge in [0.2, 0.25) is 0 Å². The molecule has 5 nitrogen and oxygen atoms in total. The predicted octanol–water partition coefficient (Wildman–Crippen LogP) is 2.46. The molecule has 0 spiro atoms. The summed E-state index contributed by atoms with van der Waals surface area (Å²) in [5, 5.41) is 6.69. The number of carbonyl (C=O) groups excluding carboxylic acids is 1. The van der Waals surface area contributed by atoms with Crippen LogP contribution in [0.25, 0.3) is 0 Å². The van der Waals surface area contributed by atoms with Gasteiger partial charge in [0.05, 0.1) is 4.43 Å². The highest BCUT2D eigenvalue weighted by atomic mass is 127. The molecular weight excluding hydrogens is 357 g/mol. The Kier molecular flexibility index (Phi) is 6.25. The minimum Gasteiger partial charge on any atom is -0.360 e. The molecule has 1 amide bonds. The van der Waals surface area contributed by atoms with Gasteiger partial charge in [-0.1, -0.05) is 41.6 Å². The number of hydrogen-bond acceptors (Lipinski definition) is 4. The molecule has 0 aliphatic carbocycles. The summed E-state index contributed by atoms with van der Waals surface area (Å²) in [6.45, 7) is 11.0. The number of rotatable bonds is 7. The largest absolute Gasteiger partial charge is 0.360 e. The fourth-order valence-corrected chi connectivity index (χ4v) is 2.42. The maximum Gasteiger partial charge on any atom is 0.273 e. The zero-order valence-corrected chi connectivity index (χ0v) is 14.2. The first-order chi connectivity index (χ1) is 8.94. The molecule has 0 saturated carbocycles. The van der Waals surface area contributed by atoms with Crippen molar-refractivity contribution in [1.29, 1.82) is 0 Å². The summed E-state index contributed by atoms with van der Waals surface area (Å²) >= 11 is 2.17. The van der Waals surface area contributed by atoms with Crippen LogP contribution in [0.5, 0.6) is 0 Å². The highest BCUT2D eigenvalue weighted by Crippen LogP contribution is 2.13. The van der Waals surface area contributed by atoms with Crippen LogP contribution in [-0.4, -0.2) is 41.1 Å². The summed E-state index contributed by atoms with van der Waals surface area (Å²) in [7, 11) is 0. The van der Waals surface area contributed by atoms with E-state index < -0.39 is 0 Å². The third-order valence-corrected chi connectivity index (χ3v) is 3.98. The van der Waals surface area contributed by atoms with Crippen LogP contribution in [0.15, 0.2) is 10.6 Å². The molecule has 1 aromatic heterocycles. The summed E-state index contributed by atoms with van der Waals surface area (Å²) < 4.78 is 5.74. The standard InChI is InChI=1S/C13H22IN3O2/c1-5-17(6-2)13(3,4)9-15-12(18)11-7-10(8-14)19-16-11/h7H,5-6,8-9H2,1-4H3,(H,15,18). The Morgan fingerprint density at radius 2 is 2.11 bits per heavy atom. The van der Waals surface area contributed by atoms with Crippen molar-refractivity contribution in [3.05, 3.63) is 17.5 Å². The van der Waals surface area contributed by atoms with Crippen molar-refractivity contribution in [1.82, 2.24) is 15.4 Å². The van der Waals surface area contributed by atoms with E-state index in [2.05, 4.69) is 65.7 Å². The van der Waals surface area contributed by atoms with Gasteiger partial charge in [-0.15, -0.1) is 0 Å². The lowest BCUT2D eigenvalue weighted by molar-refractivity contribution is 0.0876. The fraction of sp³-hybridized carbons (Fsp3) is 0.692. The number of alkyl halides is 1. The van der Waals surface area contributed by atoms with Gasteiger partial charge in [-0.2, -0.15) is 0 Å². The van der Waals surface area contributed by atoms with Crippen molar-refractivity contribution in [2.24, 2.45) is 0 Å². The van der Waals surface area contributed by atoms with Crippen molar-refractivity contribution < 1.29 is 9.32 Å². The Hall–Kier alpha value is -0.630. The molecule has 0 radical (unpaired) electrons. The Labute approximate surface area is 128 Å². The number of nitrogens with zero attached hydrogens (tertiary/aromatic N) is 2. The van der Waals surface area contributed by atoms with Gasteiger partial charge in [0.25, 0.3) is 5.91 Å². The van der Waals surface area contributed by atoms with Crippen LogP contribution in [-0.2, 0) is 4.43 Å². The molecule has 0 saturated heterocycles. The van der Waals surface area contributed by atoms with Crippen molar-refractivity contribution in [2.45, 2.75) is 37.7 Å². The number of halogens is 1. The molecule has 108 valence electrons. The molecule has 0 bridgehead atoms. The number of likely N-dealkylation sites (N-methyl/N-ethyl adjacent to an activating group) is 1. The van der Waals surface area contributed by atoms with E-state index in [0.717, 1.165) is 13.1 Å². The molecule has 0 aliphatic rings. The quantitative estimate of drug-likeness (QED) is 0.584. The smallest absolute Gasteiger partial charge is 0.273 e. The summed E-state index contributed by atoms with van der Waals surface area (Å²) in [6, 6.07) is 1.69. The van der Waals surface area contributed by atoms with Crippen LogP contribution < -0.4 is 5.32 Å². The van der Waals surface area contributed by atoms with Crippen molar-refractivity contribution >= 4 is 28.5 Å². The van der Waals surface area contributed by atoms with Crippen LogP contribution in [0.1, 0.15) is 43.9 Å². The van der Waals surface area contributed by atoms with Crippen LogP contribution in [0.3, 0.4) is 0 Å². The summed E-state index contributed by atoms with van der Waals surface area (Å²) in [5.41, 5.74) is 0.275. The molecule has 0 aliphatic heterocycles. The molecule has 0 unspecified atom stereocenters. The van der Waals surface area contributed by atoms with Gasteiger partial charge in [-0.25, -0.2) is 0 Å². The van der Waals surface area contributed by atoms with Crippen LogP contribution in [0.4, 0.5) is 0 Å². The maximum absolute atomic E-state index is 12.0. The summed E-state index contributed by atoms with van der Waals surface area (Å²) in [6.07, 6.45) is 0. The van der Waals surface area contributed by atoms with Crippen LogP contribution >= 0.6 is 22.6 Å². The average Bonchev–Trinajstić information content (AvgIpc) is 2.86. The number of nitrogens with one attached hydrogen (secondary N) is 1. The first kappa shape index (κ1) is 16.4. The van der Waals surface area contributed by atoms with E-state index in [0.29, 0.717) is 22.4 Å². The lowest BCUT2D eigenvalue weighted by Gasteiger charge is -2.37. The highest BCUT2D eigenvalue weighted by Gasteiger charge is 2.25. The summed E-state index contributed by atoms with van der Waals surface area (Å²) in [4.78, 5) is 14.3. The SMILES string of the molecule is CCN(CC)C(C)(C)CNC(=O)c1cc(CI)on1. The number of amides is 1. The van der Waals surface area contributed by atoms with Gasteiger partial charge in [0, 0.05) is 18.2 Å². The van der Waals surface area contributed by atoms with Gasteiger partial charge >= 0.3 is 0 Å². The number of carbonyl (C=O) groups is 1. The number of aromatic nitrogens is 1. The lowest BCUT2D eigenvalue weighted by Crippen LogP contribution is -2.51. The van der Waals surface area contributed by atoms with Gasteiger partial charge < -0.3 is 9.84 Å².